The molecule has 1 radical (unpaired) electrons. The van der Waals surface area contributed by atoms with Gasteiger partial charge in [0, 0.05) is 37.2 Å². The number of nitrogens with zero attached hydrogens (tertiary/aromatic N) is 8. The van der Waals surface area contributed by atoms with Crippen LogP contribution in [0.2, 0.25) is 0 Å². The number of thiocarbonyl (C=S) groups is 2. The Kier molecular flexibility index (Phi) is 39.9. The van der Waals surface area contributed by atoms with Crippen LogP contribution in [0.3, 0.4) is 0 Å². The summed E-state index contributed by atoms with van der Waals surface area (Å²) in [6.45, 7) is 11.6. The summed E-state index contributed by atoms with van der Waals surface area (Å²) >= 11 is 7.40. The van der Waals surface area contributed by atoms with Crippen molar-refractivity contribution in [2.45, 2.75) is 41.5 Å². The number of aromatic nitrogens is 6. The van der Waals surface area contributed by atoms with Crippen molar-refractivity contribution in [2.24, 2.45) is 0 Å². The minimum atomic E-state index is 0. The molecular weight excluding hydrogens is 519 g/mol. The Morgan fingerprint density at radius 3 is 0.853 bits per heavy atom. The van der Waals surface area contributed by atoms with Crippen molar-refractivity contribution in [3.05, 3.63) is 82.2 Å². The van der Waals surface area contributed by atoms with Gasteiger partial charge in [0.2, 0.25) is 0 Å². The molecule has 0 aliphatic heterocycles. The van der Waals surface area contributed by atoms with Crippen molar-refractivity contribution in [3.8, 4) is 0 Å². The van der Waals surface area contributed by atoms with Crippen LogP contribution in [0.5, 0.6) is 0 Å². The standard InChI is InChI=1S/3C6H8N2.2CNS.Mn.3H2O/c2*1-5-3-8-6(2)4-7-5;1-5-3-7-4-6(2)8-5;2*2-1-3;;;;/h3*3-4H,1-2H3;;;;3*1H2/q;;;2*-1;+2;;;/p+3. The van der Waals surface area contributed by atoms with E-state index in [1.807, 2.05) is 41.5 Å². The molecule has 0 spiro atoms. The van der Waals surface area contributed by atoms with Gasteiger partial charge >= 0.3 is 17.1 Å². The number of aryl methyl sites for hydroxylation is 6. The molecule has 14 heteroatoms. The van der Waals surface area contributed by atoms with E-state index < -0.39 is 0 Å². The van der Waals surface area contributed by atoms with Gasteiger partial charge in [0.1, 0.15) is 0 Å². The zero-order valence-corrected chi connectivity index (χ0v) is 22.8. The Bertz CT molecular complexity index is 807. The molecule has 0 saturated carbocycles. The zero-order chi connectivity index (χ0) is 23.4. The molecule has 0 unspecified atom stereocenters. The third-order valence-corrected chi connectivity index (χ3v) is 2.70. The molecule has 0 saturated heterocycles. The maximum atomic E-state index is 7.13. The van der Waals surface area contributed by atoms with Crippen molar-refractivity contribution < 1.29 is 33.5 Å². The zero-order valence-electron chi connectivity index (χ0n) is 20.0. The monoisotopic (exact) mass is 552 g/mol. The summed E-state index contributed by atoms with van der Waals surface area (Å²) in [4.78, 5) is 24.1. The molecule has 34 heavy (non-hydrogen) atoms. The van der Waals surface area contributed by atoms with E-state index in [1.54, 1.807) is 37.2 Å². The maximum Gasteiger partial charge on any atom is 2.00 e. The predicted octanol–water partition coefficient (Wildman–Crippen LogP) is 1.83. The second-order valence-corrected chi connectivity index (χ2v) is 5.95. The molecule has 0 fully saturated rings. The van der Waals surface area contributed by atoms with Gasteiger partial charge in [-0.05, 0) is 41.5 Å². The molecule has 187 valence electrons. The Balaban J connectivity index is -0.0000000736. The summed E-state index contributed by atoms with van der Waals surface area (Å²) in [5.41, 5.74) is 5.83. The van der Waals surface area contributed by atoms with Gasteiger partial charge in [-0.2, -0.15) is 10.3 Å². The van der Waals surface area contributed by atoms with Gasteiger partial charge in [-0.15, -0.1) is 0 Å². The second kappa shape index (κ2) is 30.2. The Morgan fingerprint density at radius 1 is 0.529 bits per heavy atom. The van der Waals surface area contributed by atoms with E-state index in [-0.39, 0.29) is 33.5 Å². The molecule has 0 bridgehead atoms. The summed E-state index contributed by atoms with van der Waals surface area (Å²) in [5, 5.41) is 16.9. The second-order valence-electron chi connectivity index (χ2n) is 5.58. The molecule has 11 nitrogen and oxygen atoms in total. The van der Waals surface area contributed by atoms with Crippen LogP contribution < -0.4 is 0 Å². The van der Waals surface area contributed by atoms with Crippen LogP contribution in [0, 0.1) is 41.5 Å². The van der Waals surface area contributed by atoms with Gasteiger partial charge in [0.25, 0.3) is 0 Å². The molecule has 0 amide bonds. The van der Waals surface area contributed by atoms with Crippen LogP contribution >= 0.6 is 24.4 Å². The third kappa shape index (κ3) is 31.4. The summed E-state index contributed by atoms with van der Waals surface area (Å²) in [7, 11) is 0. The number of hydrogen-bond acceptors (Lipinski definition) is 8. The van der Waals surface area contributed by atoms with E-state index in [2.05, 4.69) is 54.3 Å². The van der Waals surface area contributed by atoms with Crippen molar-refractivity contribution in [1.29, 1.82) is 0 Å². The smallest absolute Gasteiger partial charge is 0.753 e. The predicted molar refractivity (Wildman–Crippen MR) is 141 cm³/mol. The van der Waals surface area contributed by atoms with Crippen LogP contribution in [0.1, 0.15) is 34.2 Å². The molecule has 0 aliphatic carbocycles. The van der Waals surface area contributed by atoms with Crippen molar-refractivity contribution in [2.75, 3.05) is 0 Å². The normalized spacial score (nSPS) is 7.00. The molecule has 3 heterocycles. The Hall–Kier alpha value is -2.76. The third-order valence-electron chi connectivity index (χ3n) is 2.70. The summed E-state index contributed by atoms with van der Waals surface area (Å²) in [6.07, 6.45) is 10.5. The topological polar surface area (TPSA) is 221 Å². The first kappa shape index (κ1) is 44.8. The van der Waals surface area contributed by atoms with Gasteiger partial charge in [-0.1, -0.05) is 24.4 Å². The van der Waals surface area contributed by atoms with Gasteiger partial charge in [-0.25, -0.2) is 0 Å². The Morgan fingerprint density at radius 2 is 0.735 bits per heavy atom. The first-order chi connectivity index (χ1) is 14.2. The van der Waals surface area contributed by atoms with Crippen LogP contribution in [0.25, 0.3) is 10.8 Å². The number of isothiocyanates is 2. The molecule has 3 aromatic heterocycles. The minimum absolute atomic E-state index is 0. The van der Waals surface area contributed by atoms with Crippen molar-refractivity contribution in [1.82, 2.24) is 29.9 Å². The molecule has 9 N–H and O–H groups in total. The average molecular weight is 553 g/mol. The first-order valence-electron chi connectivity index (χ1n) is 8.48. The largest absolute Gasteiger partial charge is 2.00 e. The number of hydrogen-bond donors (Lipinski definition) is 0. The van der Waals surface area contributed by atoms with E-state index in [4.69, 9.17) is 10.8 Å². The van der Waals surface area contributed by atoms with E-state index in [1.165, 1.54) is 10.3 Å². The molecule has 0 aromatic carbocycles. The van der Waals surface area contributed by atoms with Crippen LogP contribution in [-0.2, 0) is 33.5 Å². The van der Waals surface area contributed by atoms with Crippen LogP contribution in [0.4, 0.5) is 0 Å². The van der Waals surface area contributed by atoms with Gasteiger partial charge in [0.05, 0.1) is 34.2 Å². The molecule has 3 aromatic rings. The van der Waals surface area contributed by atoms with Crippen LogP contribution in [-0.4, -0.2) is 40.2 Å². The average Bonchev–Trinajstić information content (AvgIpc) is 2.69. The quantitative estimate of drug-likeness (QED) is 0.173. The Labute approximate surface area is 221 Å². The van der Waals surface area contributed by atoms with E-state index in [9.17, 15) is 0 Å². The van der Waals surface area contributed by atoms with Crippen molar-refractivity contribution >= 4 is 34.8 Å². The SMILES string of the molecule is Cc1cnc(C)cn1.Cc1cnc(C)cn1.Cc1cncc(C)n1.[Mn+2].[N-]=C=S.[N-]=C=S.[OH3+].[OH3+].[OH3+]. The van der Waals surface area contributed by atoms with E-state index >= 15 is 0 Å². The van der Waals surface area contributed by atoms with E-state index in [0.717, 1.165) is 34.2 Å². The van der Waals surface area contributed by atoms with Gasteiger partial charge in [-0.3, -0.25) is 29.9 Å². The molecule has 0 atom stereocenters. The fraction of sp³-hybridized carbons (Fsp3) is 0.300. The molecular formula is C20H33MnN8O3S2+3. The van der Waals surface area contributed by atoms with E-state index in [0.29, 0.717) is 0 Å². The molecule has 3 rings (SSSR count). The summed E-state index contributed by atoms with van der Waals surface area (Å²) < 4.78 is 0. The summed E-state index contributed by atoms with van der Waals surface area (Å²) in [5.74, 6) is 0. The van der Waals surface area contributed by atoms with Crippen molar-refractivity contribution in [3.63, 3.8) is 0 Å². The summed E-state index contributed by atoms with van der Waals surface area (Å²) in [6, 6.07) is 0. The number of rotatable bonds is 0. The van der Waals surface area contributed by atoms with Gasteiger partial charge in [0.15, 0.2) is 0 Å². The van der Waals surface area contributed by atoms with Crippen LogP contribution in [0.15, 0.2) is 37.2 Å². The fourth-order valence-electron chi connectivity index (χ4n) is 1.50. The maximum absolute atomic E-state index is 7.13. The first-order valence-corrected chi connectivity index (χ1v) is 9.29. The minimum Gasteiger partial charge on any atom is -0.753 e. The molecule has 0 aliphatic rings. The van der Waals surface area contributed by atoms with Gasteiger partial charge < -0.3 is 27.2 Å². The fourth-order valence-corrected chi connectivity index (χ4v) is 1.50.